The molecule has 3 heteroatoms. The summed E-state index contributed by atoms with van der Waals surface area (Å²) in [6.07, 6.45) is 0. The van der Waals surface area contributed by atoms with E-state index in [1.165, 1.54) is 15.9 Å². The van der Waals surface area contributed by atoms with Gasteiger partial charge in [-0.2, -0.15) is 0 Å². The highest BCUT2D eigenvalue weighted by Gasteiger charge is 2.17. The number of ether oxygens (including phenoxy) is 1. The van der Waals surface area contributed by atoms with Crippen molar-refractivity contribution < 1.29 is 4.74 Å². The zero-order chi connectivity index (χ0) is 15.4. The Labute approximate surface area is 137 Å². The molecule has 0 aliphatic heterocycles. The standard InChI is InChI=1S/C19H16ClOP/c1-21-19-14-17(12-13-18(19)20)22(15-8-4-2-5-9-15)16-10-6-3-7-11-16/h2-14H,1H3. The molecule has 0 unspecified atom stereocenters. The molecule has 22 heavy (non-hydrogen) atoms. The van der Waals surface area contributed by atoms with Gasteiger partial charge in [0.15, 0.2) is 0 Å². The van der Waals surface area contributed by atoms with Crippen molar-refractivity contribution in [2.45, 2.75) is 0 Å². The number of hydrogen-bond donors (Lipinski definition) is 0. The molecule has 3 aromatic carbocycles. The van der Waals surface area contributed by atoms with Gasteiger partial charge in [0.05, 0.1) is 12.1 Å². The first-order chi connectivity index (χ1) is 10.8. The van der Waals surface area contributed by atoms with Crippen LogP contribution in [0.3, 0.4) is 0 Å². The monoisotopic (exact) mass is 326 g/mol. The van der Waals surface area contributed by atoms with Gasteiger partial charge in [0.25, 0.3) is 0 Å². The molecule has 0 amide bonds. The van der Waals surface area contributed by atoms with Gasteiger partial charge in [-0.05, 0) is 36.0 Å². The van der Waals surface area contributed by atoms with E-state index >= 15 is 0 Å². The Morgan fingerprint density at radius 3 is 1.77 bits per heavy atom. The SMILES string of the molecule is COc1cc(P(c2ccccc2)c2ccccc2)ccc1Cl. The average Bonchev–Trinajstić information content (AvgIpc) is 2.58. The molecule has 0 saturated heterocycles. The van der Waals surface area contributed by atoms with Crippen molar-refractivity contribution in [3.05, 3.63) is 83.9 Å². The van der Waals surface area contributed by atoms with E-state index < -0.39 is 7.92 Å². The lowest BCUT2D eigenvalue weighted by Gasteiger charge is -2.20. The normalized spacial score (nSPS) is 10.7. The summed E-state index contributed by atoms with van der Waals surface area (Å²) in [6, 6.07) is 27.2. The summed E-state index contributed by atoms with van der Waals surface area (Å²) < 4.78 is 5.39. The van der Waals surface area contributed by atoms with E-state index in [4.69, 9.17) is 16.3 Å². The highest BCUT2D eigenvalue weighted by Crippen LogP contribution is 2.35. The lowest BCUT2D eigenvalue weighted by Crippen LogP contribution is -2.20. The van der Waals surface area contributed by atoms with E-state index in [0.717, 1.165) is 5.75 Å². The fourth-order valence-electron chi connectivity index (χ4n) is 2.39. The number of rotatable bonds is 4. The maximum absolute atomic E-state index is 6.18. The van der Waals surface area contributed by atoms with Gasteiger partial charge in [0.2, 0.25) is 0 Å². The molecule has 0 N–H and O–H groups in total. The second-order valence-corrected chi connectivity index (χ2v) is 7.45. The third-order valence-corrected chi connectivity index (χ3v) is 6.16. The van der Waals surface area contributed by atoms with Crippen molar-refractivity contribution in [1.29, 1.82) is 0 Å². The van der Waals surface area contributed by atoms with Crippen LogP contribution in [-0.2, 0) is 0 Å². The zero-order valence-electron chi connectivity index (χ0n) is 12.2. The van der Waals surface area contributed by atoms with Crippen LogP contribution in [0.25, 0.3) is 0 Å². The molecule has 0 aromatic heterocycles. The lowest BCUT2D eigenvalue weighted by atomic mass is 10.3. The number of halogens is 1. The zero-order valence-corrected chi connectivity index (χ0v) is 13.9. The molecule has 3 aromatic rings. The minimum Gasteiger partial charge on any atom is -0.495 e. The van der Waals surface area contributed by atoms with E-state index in [2.05, 4.69) is 54.6 Å². The van der Waals surface area contributed by atoms with Gasteiger partial charge in [-0.1, -0.05) is 78.3 Å². The molecule has 0 bridgehead atoms. The number of benzene rings is 3. The van der Waals surface area contributed by atoms with Gasteiger partial charge in [-0.3, -0.25) is 0 Å². The summed E-state index contributed by atoms with van der Waals surface area (Å²) >= 11 is 6.18. The topological polar surface area (TPSA) is 9.23 Å². The molecule has 0 spiro atoms. The first-order valence-electron chi connectivity index (χ1n) is 7.03. The molecule has 3 rings (SSSR count). The van der Waals surface area contributed by atoms with Crippen molar-refractivity contribution in [2.24, 2.45) is 0 Å². The summed E-state index contributed by atoms with van der Waals surface area (Å²) in [5.41, 5.74) is 0. The minimum atomic E-state index is -0.619. The number of hydrogen-bond acceptors (Lipinski definition) is 1. The van der Waals surface area contributed by atoms with Crippen LogP contribution in [0.5, 0.6) is 5.75 Å². The molecule has 110 valence electrons. The third-order valence-electron chi connectivity index (χ3n) is 3.42. The molecule has 0 heterocycles. The smallest absolute Gasteiger partial charge is 0.138 e. The maximum atomic E-state index is 6.18. The van der Waals surface area contributed by atoms with Gasteiger partial charge >= 0.3 is 0 Å². The van der Waals surface area contributed by atoms with Crippen molar-refractivity contribution >= 4 is 35.4 Å². The molecule has 0 fully saturated rings. The summed E-state index contributed by atoms with van der Waals surface area (Å²) in [5.74, 6) is 0.721. The summed E-state index contributed by atoms with van der Waals surface area (Å²) in [4.78, 5) is 0. The predicted octanol–water partition coefficient (Wildman–Crippen LogP) is 4.11. The Balaban J connectivity index is 2.14. The molecule has 0 atom stereocenters. The van der Waals surface area contributed by atoms with E-state index in [9.17, 15) is 0 Å². The van der Waals surface area contributed by atoms with E-state index in [0.29, 0.717) is 5.02 Å². The average molecular weight is 327 g/mol. The first-order valence-corrected chi connectivity index (χ1v) is 8.75. The second kappa shape index (κ2) is 6.96. The Morgan fingerprint density at radius 1 is 0.727 bits per heavy atom. The van der Waals surface area contributed by atoms with Crippen LogP contribution in [0.2, 0.25) is 5.02 Å². The van der Waals surface area contributed by atoms with Crippen LogP contribution < -0.4 is 20.7 Å². The second-order valence-electron chi connectivity index (χ2n) is 4.83. The van der Waals surface area contributed by atoms with Crippen LogP contribution in [0.1, 0.15) is 0 Å². The van der Waals surface area contributed by atoms with E-state index in [1.807, 2.05) is 24.3 Å². The van der Waals surface area contributed by atoms with Crippen LogP contribution in [0, 0.1) is 0 Å². The van der Waals surface area contributed by atoms with Gasteiger partial charge in [0, 0.05) is 0 Å². The largest absolute Gasteiger partial charge is 0.495 e. The van der Waals surface area contributed by atoms with E-state index in [-0.39, 0.29) is 0 Å². The van der Waals surface area contributed by atoms with Crippen LogP contribution >= 0.6 is 19.5 Å². The third kappa shape index (κ3) is 3.16. The first kappa shape index (κ1) is 15.1. The summed E-state index contributed by atoms with van der Waals surface area (Å²) in [5, 5.41) is 4.50. The Kier molecular flexibility index (Phi) is 4.77. The highest BCUT2D eigenvalue weighted by molar-refractivity contribution is 7.79. The van der Waals surface area contributed by atoms with Gasteiger partial charge in [-0.15, -0.1) is 0 Å². The molecule has 0 radical (unpaired) electrons. The number of methoxy groups -OCH3 is 1. The van der Waals surface area contributed by atoms with Crippen molar-refractivity contribution in [3.63, 3.8) is 0 Å². The van der Waals surface area contributed by atoms with Gasteiger partial charge in [0.1, 0.15) is 5.75 Å². The predicted molar refractivity (Wildman–Crippen MR) is 96.7 cm³/mol. The molecule has 0 aliphatic rings. The van der Waals surface area contributed by atoms with Crippen molar-refractivity contribution in [2.75, 3.05) is 7.11 Å². The van der Waals surface area contributed by atoms with Crippen molar-refractivity contribution in [3.8, 4) is 5.75 Å². The molecular formula is C19H16ClOP. The fourth-order valence-corrected chi connectivity index (χ4v) is 4.89. The van der Waals surface area contributed by atoms with Gasteiger partial charge in [-0.25, -0.2) is 0 Å². The highest BCUT2D eigenvalue weighted by atomic mass is 35.5. The summed E-state index contributed by atoms with van der Waals surface area (Å²) in [7, 11) is 1.03. The summed E-state index contributed by atoms with van der Waals surface area (Å²) in [6.45, 7) is 0. The Hall–Kier alpha value is -1.82. The fraction of sp³-hybridized carbons (Fsp3) is 0.0526. The minimum absolute atomic E-state index is 0.619. The Morgan fingerprint density at radius 2 is 1.27 bits per heavy atom. The van der Waals surface area contributed by atoms with Crippen LogP contribution in [0.4, 0.5) is 0 Å². The molecule has 0 saturated carbocycles. The maximum Gasteiger partial charge on any atom is 0.138 e. The lowest BCUT2D eigenvalue weighted by molar-refractivity contribution is 0.415. The van der Waals surface area contributed by atoms with E-state index in [1.54, 1.807) is 7.11 Å². The molecule has 1 nitrogen and oxygen atoms in total. The van der Waals surface area contributed by atoms with Gasteiger partial charge < -0.3 is 4.74 Å². The van der Waals surface area contributed by atoms with Crippen molar-refractivity contribution in [1.82, 2.24) is 0 Å². The molecular weight excluding hydrogens is 311 g/mol. The quantitative estimate of drug-likeness (QED) is 0.656. The van der Waals surface area contributed by atoms with Crippen LogP contribution in [-0.4, -0.2) is 7.11 Å². The van der Waals surface area contributed by atoms with Crippen LogP contribution in [0.15, 0.2) is 78.9 Å². The Bertz CT molecular complexity index is 704. The molecule has 0 aliphatic carbocycles.